The molecule has 1 saturated heterocycles. The highest BCUT2D eigenvalue weighted by molar-refractivity contribution is 5.63. The highest BCUT2D eigenvalue weighted by Crippen LogP contribution is 2.24. The molecule has 4 N–H and O–H groups in total. The van der Waals surface area contributed by atoms with Gasteiger partial charge in [-0.25, -0.2) is 4.98 Å². The second-order valence-corrected chi connectivity index (χ2v) is 5.60. The summed E-state index contributed by atoms with van der Waals surface area (Å²) in [6, 6.07) is 0. The predicted octanol–water partition coefficient (Wildman–Crippen LogP) is 1.37. The summed E-state index contributed by atoms with van der Waals surface area (Å²) in [4.78, 5) is 28.2. The van der Waals surface area contributed by atoms with Crippen LogP contribution in [0.4, 0.5) is 10.3 Å². The standard InChI is InChI=1S/C12H19FN4O.2C2H4O2/c1-18-11-10(13)7-15-12(16-11)17-6-2-3-9(8-17)4-5-14;2*1-2(3)4/h7,9H,2-6,8,14H2,1H3;2*1H3,(H,3,4). The first-order valence-corrected chi connectivity index (χ1v) is 8.11. The Balaban J connectivity index is 0.000000662. The fourth-order valence-electron chi connectivity index (χ4n) is 2.36. The molecule has 148 valence electrons. The van der Waals surface area contributed by atoms with E-state index >= 15 is 0 Å². The van der Waals surface area contributed by atoms with Gasteiger partial charge in [-0.1, -0.05) is 0 Å². The number of rotatable bonds is 4. The van der Waals surface area contributed by atoms with E-state index in [2.05, 4.69) is 14.9 Å². The lowest BCUT2D eigenvalue weighted by Crippen LogP contribution is -2.37. The fourth-order valence-corrected chi connectivity index (χ4v) is 2.36. The van der Waals surface area contributed by atoms with Gasteiger partial charge in [-0.05, 0) is 31.7 Å². The van der Waals surface area contributed by atoms with Crippen molar-refractivity contribution in [3.8, 4) is 5.88 Å². The van der Waals surface area contributed by atoms with Crippen LogP contribution < -0.4 is 15.4 Å². The van der Waals surface area contributed by atoms with Crippen molar-refractivity contribution in [2.45, 2.75) is 33.1 Å². The van der Waals surface area contributed by atoms with Crippen molar-refractivity contribution in [3.05, 3.63) is 12.0 Å². The highest BCUT2D eigenvalue weighted by Gasteiger charge is 2.22. The Morgan fingerprint density at radius 1 is 1.38 bits per heavy atom. The Morgan fingerprint density at radius 3 is 2.46 bits per heavy atom. The first-order valence-electron chi connectivity index (χ1n) is 8.11. The van der Waals surface area contributed by atoms with Gasteiger partial charge in [0.1, 0.15) is 0 Å². The Hall–Kier alpha value is -2.49. The van der Waals surface area contributed by atoms with Gasteiger partial charge in [0.05, 0.1) is 13.3 Å². The minimum absolute atomic E-state index is 0.000878. The van der Waals surface area contributed by atoms with Crippen LogP contribution in [0.5, 0.6) is 5.88 Å². The van der Waals surface area contributed by atoms with E-state index in [1.165, 1.54) is 13.5 Å². The van der Waals surface area contributed by atoms with E-state index in [9.17, 15) is 4.39 Å². The molecule has 2 rings (SSSR count). The van der Waals surface area contributed by atoms with Crippen LogP contribution in [0.1, 0.15) is 33.1 Å². The van der Waals surface area contributed by atoms with Gasteiger partial charge in [-0.3, -0.25) is 9.59 Å². The molecule has 0 radical (unpaired) electrons. The molecule has 9 nitrogen and oxygen atoms in total. The Kier molecular flexibility index (Phi) is 11.6. The summed E-state index contributed by atoms with van der Waals surface area (Å²) in [5, 5.41) is 14.8. The third kappa shape index (κ3) is 10.4. The van der Waals surface area contributed by atoms with Crippen molar-refractivity contribution < 1.29 is 28.9 Å². The number of nitrogens with zero attached hydrogens (tertiary/aromatic N) is 3. The minimum Gasteiger partial charge on any atom is -0.481 e. The molecule has 0 saturated carbocycles. The molecule has 0 amide bonds. The van der Waals surface area contributed by atoms with Crippen LogP contribution in [0.25, 0.3) is 0 Å². The summed E-state index contributed by atoms with van der Waals surface area (Å²) in [5.41, 5.74) is 5.59. The maximum Gasteiger partial charge on any atom is 0.300 e. The second-order valence-electron chi connectivity index (χ2n) is 5.60. The lowest BCUT2D eigenvalue weighted by atomic mass is 9.95. The van der Waals surface area contributed by atoms with Gasteiger partial charge in [0.25, 0.3) is 17.8 Å². The quantitative estimate of drug-likeness (QED) is 0.713. The summed E-state index contributed by atoms with van der Waals surface area (Å²) in [6.07, 6.45) is 4.45. The van der Waals surface area contributed by atoms with Crippen molar-refractivity contribution in [1.29, 1.82) is 0 Å². The van der Waals surface area contributed by atoms with Crippen LogP contribution in [-0.2, 0) is 9.59 Å². The summed E-state index contributed by atoms with van der Waals surface area (Å²) in [5.74, 6) is -1.09. The fraction of sp³-hybridized carbons (Fsp3) is 0.625. The molecule has 1 aromatic heterocycles. The zero-order valence-electron chi connectivity index (χ0n) is 15.3. The molecule has 1 aromatic rings. The van der Waals surface area contributed by atoms with Gasteiger partial charge < -0.3 is 25.6 Å². The first-order chi connectivity index (χ1) is 12.2. The van der Waals surface area contributed by atoms with Crippen LogP contribution in [0, 0.1) is 11.7 Å². The molecule has 0 bridgehead atoms. The topological polar surface area (TPSA) is 139 Å². The van der Waals surface area contributed by atoms with Gasteiger partial charge in [0.15, 0.2) is 0 Å². The number of carboxylic acids is 2. The highest BCUT2D eigenvalue weighted by atomic mass is 19.1. The SMILES string of the molecule is CC(=O)O.CC(=O)O.COc1nc(N2CCCC(CCN)C2)ncc1F. The summed E-state index contributed by atoms with van der Waals surface area (Å²) in [6.45, 7) is 4.65. The van der Waals surface area contributed by atoms with Crippen LogP contribution in [0.3, 0.4) is 0 Å². The Morgan fingerprint density at radius 2 is 1.96 bits per heavy atom. The van der Waals surface area contributed by atoms with Crippen molar-refractivity contribution in [2.75, 3.05) is 31.6 Å². The van der Waals surface area contributed by atoms with Gasteiger partial charge in [0.2, 0.25) is 11.8 Å². The molecule has 0 aliphatic carbocycles. The number of piperidine rings is 1. The number of aliphatic carboxylic acids is 2. The molecule has 1 atom stereocenters. The number of aromatic nitrogens is 2. The molecule has 1 aliphatic rings. The van der Waals surface area contributed by atoms with E-state index in [0.29, 0.717) is 18.4 Å². The van der Waals surface area contributed by atoms with Crippen LogP contribution in [0.2, 0.25) is 0 Å². The van der Waals surface area contributed by atoms with Crippen molar-refractivity contribution in [2.24, 2.45) is 11.7 Å². The molecule has 10 heteroatoms. The summed E-state index contributed by atoms with van der Waals surface area (Å²) >= 11 is 0. The number of carbonyl (C=O) groups is 2. The average Bonchev–Trinajstić information content (AvgIpc) is 2.55. The summed E-state index contributed by atoms with van der Waals surface area (Å²) in [7, 11) is 1.41. The van der Waals surface area contributed by atoms with Crippen molar-refractivity contribution >= 4 is 17.9 Å². The number of anilines is 1. The maximum atomic E-state index is 13.2. The van der Waals surface area contributed by atoms with Gasteiger partial charge in [-0.15, -0.1) is 0 Å². The number of methoxy groups -OCH3 is 1. The monoisotopic (exact) mass is 374 g/mol. The third-order valence-corrected chi connectivity index (χ3v) is 3.27. The number of ether oxygens (including phenoxy) is 1. The number of hydrogen-bond donors (Lipinski definition) is 3. The van der Waals surface area contributed by atoms with Crippen LogP contribution in [0.15, 0.2) is 6.20 Å². The van der Waals surface area contributed by atoms with Crippen molar-refractivity contribution in [1.82, 2.24) is 9.97 Å². The predicted molar refractivity (Wildman–Crippen MR) is 93.8 cm³/mol. The lowest BCUT2D eigenvalue weighted by molar-refractivity contribution is -0.135. The number of hydrogen-bond acceptors (Lipinski definition) is 7. The third-order valence-electron chi connectivity index (χ3n) is 3.27. The van der Waals surface area contributed by atoms with Crippen LogP contribution >= 0.6 is 0 Å². The van der Waals surface area contributed by atoms with Crippen molar-refractivity contribution in [3.63, 3.8) is 0 Å². The van der Waals surface area contributed by atoms with E-state index in [0.717, 1.165) is 46.0 Å². The molecule has 1 fully saturated rings. The van der Waals surface area contributed by atoms with E-state index < -0.39 is 17.8 Å². The second kappa shape index (κ2) is 12.8. The normalized spacial score (nSPS) is 15.7. The number of carboxylic acid groups (broad SMARTS) is 2. The van der Waals surface area contributed by atoms with Gasteiger partial charge >= 0.3 is 0 Å². The molecule has 0 spiro atoms. The molecule has 26 heavy (non-hydrogen) atoms. The van der Waals surface area contributed by atoms with E-state index in [1.54, 1.807) is 0 Å². The smallest absolute Gasteiger partial charge is 0.300 e. The molecule has 1 aliphatic heterocycles. The molecule has 0 aromatic carbocycles. The minimum atomic E-state index is -0.833. The molecular formula is C16H27FN4O5. The maximum absolute atomic E-state index is 13.2. The number of nitrogens with two attached hydrogens (primary N) is 1. The molecule has 1 unspecified atom stereocenters. The first kappa shape index (κ1) is 23.5. The van der Waals surface area contributed by atoms with E-state index in [1.807, 2.05) is 0 Å². The average molecular weight is 374 g/mol. The number of halogens is 1. The zero-order valence-corrected chi connectivity index (χ0v) is 15.3. The van der Waals surface area contributed by atoms with E-state index in [-0.39, 0.29) is 5.88 Å². The van der Waals surface area contributed by atoms with Gasteiger partial charge in [-0.2, -0.15) is 9.37 Å². The summed E-state index contributed by atoms with van der Waals surface area (Å²) < 4.78 is 18.1. The molecule has 2 heterocycles. The van der Waals surface area contributed by atoms with E-state index in [4.69, 9.17) is 30.3 Å². The Labute approximate surface area is 152 Å². The van der Waals surface area contributed by atoms with Crippen LogP contribution in [-0.4, -0.2) is 58.9 Å². The largest absolute Gasteiger partial charge is 0.481 e. The zero-order chi connectivity index (χ0) is 20.1. The molecular weight excluding hydrogens is 347 g/mol. The van der Waals surface area contributed by atoms with Gasteiger partial charge in [0, 0.05) is 26.9 Å². The lowest BCUT2D eigenvalue weighted by Gasteiger charge is -2.32. The Bertz CT molecular complexity index is 552.